The maximum absolute atomic E-state index is 12.3. The lowest BCUT2D eigenvalue weighted by Crippen LogP contribution is -2.22. The minimum absolute atomic E-state index is 0.0318. The Morgan fingerprint density at radius 3 is 2.56 bits per heavy atom. The summed E-state index contributed by atoms with van der Waals surface area (Å²) < 4.78 is 27.0. The fraction of sp³-hybridized carbons (Fsp3) is 0.500. The first-order chi connectivity index (χ1) is 12.9. The van der Waals surface area contributed by atoms with Gasteiger partial charge in [-0.3, -0.25) is 9.52 Å². The molecule has 1 aromatic heterocycles. The zero-order chi connectivity index (χ0) is 19.3. The summed E-state index contributed by atoms with van der Waals surface area (Å²) in [6.45, 7) is 2.14. The van der Waals surface area contributed by atoms with Gasteiger partial charge in [0.1, 0.15) is 5.51 Å². The molecule has 1 fully saturated rings. The molecule has 7 nitrogen and oxygen atoms in total. The summed E-state index contributed by atoms with van der Waals surface area (Å²) >= 11 is 1.10. The minimum atomic E-state index is -3.72. The molecule has 1 aliphatic rings. The molecule has 0 bridgehead atoms. The monoisotopic (exact) mass is 408 g/mol. The summed E-state index contributed by atoms with van der Waals surface area (Å²) in [6, 6.07) is 6.11. The molecule has 146 valence electrons. The van der Waals surface area contributed by atoms with Crippen LogP contribution < -0.4 is 10.0 Å². The maximum atomic E-state index is 12.3. The molecule has 0 aliphatic heterocycles. The Labute approximate surface area is 163 Å². The van der Waals surface area contributed by atoms with E-state index >= 15 is 0 Å². The highest BCUT2D eigenvalue weighted by Gasteiger charge is 2.22. The van der Waals surface area contributed by atoms with Crippen LogP contribution in [0.15, 0.2) is 34.7 Å². The molecule has 1 amide bonds. The van der Waals surface area contributed by atoms with Crippen molar-refractivity contribution >= 4 is 38.1 Å². The lowest BCUT2D eigenvalue weighted by atomic mass is 9.79. The van der Waals surface area contributed by atoms with Gasteiger partial charge in [0, 0.05) is 12.1 Å². The smallest absolute Gasteiger partial charge is 0.263 e. The van der Waals surface area contributed by atoms with Crippen LogP contribution in [0.25, 0.3) is 0 Å². The highest BCUT2D eigenvalue weighted by atomic mass is 32.2. The highest BCUT2D eigenvalue weighted by Crippen LogP contribution is 2.31. The van der Waals surface area contributed by atoms with Crippen molar-refractivity contribution in [3.63, 3.8) is 0 Å². The first kappa shape index (κ1) is 19.8. The van der Waals surface area contributed by atoms with Gasteiger partial charge in [-0.2, -0.15) is 0 Å². The molecule has 1 unspecified atom stereocenters. The summed E-state index contributed by atoms with van der Waals surface area (Å²) in [5, 5.41) is 10.3. The molecule has 0 saturated heterocycles. The zero-order valence-electron chi connectivity index (χ0n) is 15.2. The Kier molecular flexibility index (Phi) is 6.43. The van der Waals surface area contributed by atoms with Crippen molar-refractivity contribution in [3.8, 4) is 0 Å². The van der Waals surface area contributed by atoms with Gasteiger partial charge in [0.15, 0.2) is 0 Å². The predicted octanol–water partition coefficient (Wildman–Crippen LogP) is 3.88. The average molecular weight is 409 g/mol. The quantitative estimate of drug-likeness (QED) is 0.724. The number of amides is 1. The molecule has 0 spiro atoms. The number of rotatable bonds is 7. The molecule has 1 atom stereocenters. The number of anilines is 2. The van der Waals surface area contributed by atoms with Crippen LogP contribution >= 0.6 is 11.3 Å². The van der Waals surface area contributed by atoms with Crippen LogP contribution in [0.4, 0.5) is 10.8 Å². The van der Waals surface area contributed by atoms with Gasteiger partial charge in [0.2, 0.25) is 11.0 Å². The van der Waals surface area contributed by atoms with E-state index in [1.165, 1.54) is 49.7 Å². The van der Waals surface area contributed by atoms with Gasteiger partial charge in [-0.25, -0.2) is 8.42 Å². The third-order valence-electron chi connectivity index (χ3n) is 4.99. The van der Waals surface area contributed by atoms with Gasteiger partial charge in [0.05, 0.1) is 4.90 Å². The van der Waals surface area contributed by atoms with Crippen LogP contribution in [0, 0.1) is 11.8 Å². The Morgan fingerprint density at radius 2 is 1.93 bits per heavy atom. The van der Waals surface area contributed by atoms with Gasteiger partial charge in [-0.15, -0.1) is 10.2 Å². The molecule has 1 saturated carbocycles. The second-order valence-electron chi connectivity index (χ2n) is 7.00. The van der Waals surface area contributed by atoms with E-state index in [9.17, 15) is 13.2 Å². The Bertz CT molecular complexity index is 845. The van der Waals surface area contributed by atoms with Crippen LogP contribution in [-0.2, 0) is 14.8 Å². The summed E-state index contributed by atoms with van der Waals surface area (Å²) in [6.07, 6.45) is 6.74. The second-order valence-corrected chi connectivity index (χ2v) is 9.52. The number of carbonyl (C=O) groups excluding carboxylic acids is 1. The number of benzene rings is 1. The van der Waals surface area contributed by atoms with Gasteiger partial charge in [-0.1, -0.05) is 50.4 Å². The summed E-state index contributed by atoms with van der Waals surface area (Å²) in [7, 11) is -3.72. The van der Waals surface area contributed by atoms with Crippen LogP contribution in [-0.4, -0.2) is 24.5 Å². The molecule has 3 rings (SSSR count). The molecular formula is C18H24N4O3S2. The van der Waals surface area contributed by atoms with E-state index in [0.29, 0.717) is 23.9 Å². The number of carbonyl (C=O) groups is 1. The molecule has 2 N–H and O–H groups in total. The fourth-order valence-electron chi connectivity index (χ4n) is 3.48. The molecule has 27 heavy (non-hydrogen) atoms. The lowest BCUT2D eigenvalue weighted by molar-refractivity contribution is -0.117. The number of hydrogen-bond donors (Lipinski definition) is 2. The van der Waals surface area contributed by atoms with Crippen molar-refractivity contribution in [2.24, 2.45) is 11.8 Å². The van der Waals surface area contributed by atoms with Crippen molar-refractivity contribution in [1.82, 2.24) is 10.2 Å². The second kappa shape index (κ2) is 8.79. The number of sulfonamides is 1. The molecule has 0 radical (unpaired) electrons. The summed E-state index contributed by atoms with van der Waals surface area (Å²) in [5.74, 6) is 0.958. The minimum Gasteiger partial charge on any atom is -0.326 e. The number of hydrogen-bond acceptors (Lipinski definition) is 6. The Balaban J connectivity index is 1.56. The first-order valence-corrected chi connectivity index (χ1v) is 11.5. The molecular weight excluding hydrogens is 384 g/mol. The number of nitrogens with one attached hydrogen (secondary N) is 2. The van der Waals surface area contributed by atoms with Gasteiger partial charge >= 0.3 is 0 Å². The lowest BCUT2D eigenvalue weighted by Gasteiger charge is -2.27. The van der Waals surface area contributed by atoms with E-state index in [-0.39, 0.29) is 15.9 Å². The van der Waals surface area contributed by atoms with Crippen molar-refractivity contribution in [2.75, 3.05) is 10.0 Å². The first-order valence-electron chi connectivity index (χ1n) is 9.13. The van der Waals surface area contributed by atoms with Crippen molar-refractivity contribution in [2.45, 2.75) is 50.3 Å². The van der Waals surface area contributed by atoms with Crippen LogP contribution in [0.1, 0.15) is 45.4 Å². The van der Waals surface area contributed by atoms with Crippen molar-refractivity contribution in [1.29, 1.82) is 0 Å². The van der Waals surface area contributed by atoms with Crippen LogP contribution in [0.2, 0.25) is 0 Å². The van der Waals surface area contributed by atoms with E-state index in [1.54, 1.807) is 12.1 Å². The molecule has 1 heterocycles. The van der Waals surface area contributed by atoms with E-state index in [1.807, 2.05) is 0 Å². The number of nitrogens with zero attached hydrogens (tertiary/aromatic N) is 2. The highest BCUT2D eigenvalue weighted by molar-refractivity contribution is 7.93. The van der Waals surface area contributed by atoms with E-state index in [0.717, 1.165) is 11.3 Å². The standard InChI is InChI=1S/C18H24N4O3S2/c1-13(14-5-3-2-4-6-14)11-17(23)20-15-7-9-16(10-8-15)27(24,25)22-18-21-19-12-26-18/h7-10,12-14H,2-6,11H2,1H3,(H,20,23)(H,21,22). The molecule has 2 aromatic rings. The zero-order valence-corrected chi connectivity index (χ0v) is 16.9. The summed E-state index contributed by atoms with van der Waals surface area (Å²) in [4.78, 5) is 12.4. The number of aromatic nitrogens is 2. The summed E-state index contributed by atoms with van der Waals surface area (Å²) in [5.41, 5.74) is 2.04. The molecule has 1 aliphatic carbocycles. The Hall–Kier alpha value is -2.00. The van der Waals surface area contributed by atoms with Gasteiger partial charge in [-0.05, 0) is 36.1 Å². The predicted molar refractivity (Wildman–Crippen MR) is 106 cm³/mol. The largest absolute Gasteiger partial charge is 0.326 e. The van der Waals surface area contributed by atoms with E-state index < -0.39 is 10.0 Å². The van der Waals surface area contributed by atoms with Crippen molar-refractivity contribution in [3.05, 3.63) is 29.8 Å². The molecule has 1 aromatic carbocycles. The Morgan fingerprint density at radius 1 is 1.22 bits per heavy atom. The topological polar surface area (TPSA) is 101 Å². The average Bonchev–Trinajstić information content (AvgIpc) is 3.15. The maximum Gasteiger partial charge on any atom is 0.263 e. The van der Waals surface area contributed by atoms with E-state index in [2.05, 4.69) is 27.2 Å². The van der Waals surface area contributed by atoms with Gasteiger partial charge in [0.25, 0.3) is 10.0 Å². The normalized spacial score (nSPS) is 16.6. The fourth-order valence-corrected chi connectivity index (χ4v) is 5.18. The molecule has 9 heteroatoms. The third-order valence-corrected chi connectivity index (χ3v) is 7.08. The third kappa shape index (κ3) is 5.49. The van der Waals surface area contributed by atoms with Crippen LogP contribution in [0.3, 0.4) is 0 Å². The van der Waals surface area contributed by atoms with Crippen molar-refractivity contribution < 1.29 is 13.2 Å². The van der Waals surface area contributed by atoms with Gasteiger partial charge < -0.3 is 5.32 Å². The van der Waals surface area contributed by atoms with E-state index in [4.69, 9.17) is 0 Å². The SMILES string of the molecule is CC(CC(=O)Nc1ccc(S(=O)(=O)Nc2nncs2)cc1)C1CCCCC1. The van der Waals surface area contributed by atoms with Crippen LogP contribution in [0.5, 0.6) is 0 Å².